The van der Waals surface area contributed by atoms with Crippen molar-refractivity contribution in [2.24, 2.45) is 0 Å². The van der Waals surface area contributed by atoms with Crippen molar-refractivity contribution >= 4 is 27.5 Å². The van der Waals surface area contributed by atoms with Gasteiger partial charge in [-0.1, -0.05) is 36.8 Å². The van der Waals surface area contributed by atoms with Gasteiger partial charge < -0.3 is 19.7 Å². The SMILES string of the molecule is CC[C@@H](C)NC(=O)[C@@H](C)N(Cc1cccc(C)c1)C(=O)CN(c1ccc2c(c1)OCCO2)S(=O)(=O)CC. The minimum absolute atomic E-state index is 0.0550. The van der Waals surface area contributed by atoms with Crippen LogP contribution in [0.15, 0.2) is 42.5 Å². The number of nitrogens with one attached hydrogen (secondary N) is 1. The van der Waals surface area contributed by atoms with Gasteiger partial charge in [0.15, 0.2) is 11.5 Å². The molecule has 202 valence electrons. The summed E-state index contributed by atoms with van der Waals surface area (Å²) in [4.78, 5) is 28.2. The highest BCUT2D eigenvalue weighted by Gasteiger charge is 2.32. The number of sulfonamides is 1. The lowest BCUT2D eigenvalue weighted by molar-refractivity contribution is -0.139. The Kier molecular flexibility index (Phi) is 9.42. The Bertz CT molecular complexity index is 1220. The summed E-state index contributed by atoms with van der Waals surface area (Å²) in [7, 11) is -3.83. The van der Waals surface area contributed by atoms with E-state index in [1.54, 1.807) is 25.1 Å². The number of hydrogen-bond acceptors (Lipinski definition) is 6. The fourth-order valence-corrected chi connectivity index (χ4v) is 5.02. The van der Waals surface area contributed by atoms with Gasteiger partial charge in [-0.3, -0.25) is 13.9 Å². The Morgan fingerprint density at radius 1 is 1.03 bits per heavy atom. The second-order valence-electron chi connectivity index (χ2n) is 9.24. The summed E-state index contributed by atoms with van der Waals surface area (Å²) in [6.07, 6.45) is 0.747. The molecule has 10 heteroatoms. The zero-order chi connectivity index (χ0) is 27.2. The molecule has 1 N–H and O–H groups in total. The van der Waals surface area contributed by atoms with Crippen LogP contribution in [0.1, 0.15) is 45.2 Å². The Labute approximate surface area is 219 Å². The molecule has 0 radical (unpaired) electrons. The molecular formula is C27H37N3O6S. The number of nitrogens with zero attached hydrogens (tertiary/aromatic N) is 2. The predicted molar refractivity (Wildman–Crippen MR) is 143 cm³/mol. The molecule has 0 bridgehead atoms. The van der Waals surface area contributed by atoms with Crippen LogP contribution in [0.5, 0.6) is 11.5 Å². The van der Waals surface area contributed by atoms with Crippen LogP contribution < -0.4 is 19.1 Å². The number of hydrogen-bond donors (Lipinski definition) is 1. The zero-order valence-corrected chi connectivity index (χ0v) is 23.0. The summed E-state index contributed by atoms with van der Waals surface area (Å²) in [6, 6.07) is 11.6. The first-order valence-corrected chi connectivity index (χ1v) is 14.2. The van der Waals surface area contributed by atoms with E-state index in [2.05, 4.69) is 5.32 Å². The molecular weight excluding hydrogens is 494 g/mol. The maximum atomic E-state index is 13.8. The van der Waals surface area contributed by atoms with Gasteiger partial charge in [-0.05, 0) is 51.8 Å². The Hall–Kier alpha value is -3.27. The van der Waals surface area contributed by atoms with E-state index in [4.69, 9.17) is 9.47 Å². The molecule has 2 atom stereocenters. The van der Waals surface area contributed by atoms with Gasteiger partial charge in [0, 0.05) is 18.7 Å². The summed E-state index contributed by atoms with van der Waals surface area (Å²) in [5.41, 5.74) is 2.17. The number of amides is 2. The normalized spacial score (nSPS) is 14.4. The molecule has 37 heavy (non-hydrogen) atoms. The first-order valence-electron chi connectivity index (χ1n) is 12.6. The minimum Gasteiger partial charge on any atom is -0.486 e. The second kappa shape index (κ2) is 12.3. The third-order valence-corrected chi connectivity index (χ3v) is 8.14. The lowest BCUT2D eigenvalue weighted by atomic mass is 10.1. The van der Waals surface area contributed by atoms with Crippen molar-refractivity contribution in [3.63, 3.8) is 0 Å². The van der Waals surface area contributed by atoms with Crippen LogP contribution in [0.4, 0.5) is 5.69 Å². The maximum absolute atomic E-state index is 13.8. The van der Waals surface area contributed by atoms with Crippen molar-refractivity contribution in [2.75, 3.05) is 29.8 Å². The topological polar surface area (TPSA) is 105 Å². The number of benzene rings is 2. The quantitative estimate of drug-likeness (QED) is 0.477. The van der Waals surface area contributed by atoms with Crippen molar-refractivity contribution in [2.45, 2.75) is 59.7 Å². The molecule has 0 spiro atoms. The van der Waals surface area contributed by atoms with Crippen LogP contribution in [0.3, 0.4) is 0 Å². The molecule has 0 fully saturated rings. The van der Waals surface area contributed by atoms with Crippen LogP contribution in [0.2, 0.25) is 0 Å². The van der Waals surface area contributed by atoms with Gasteiger partial charge in [0.05, 0.1) is 11.4 Å². The summed E-state index contributed by atoms with van der Waals surface area (Å²) in [5, 5.41) is 2.93. The molecule has 0 unspecified atom stereocenters. The highest BCUT2D eigenvalue weighted by Crippen LogP contribution is 2.35. The second-order valence-corrected chi connectivity index (χ2v) is 11.4. The van der Waals surface area contributed by atoms with E-state index in [1.807, 2.05) is 45.0 Å². The average Bonchev–Trinajstić information content (AvgIpc) is 2.89. The molecule has 2 aromatic rings. The number of carbonyl (C=O) groups is 2. The summed E-state index contributed by atoms with van der Waals surface area (Å²) < 4.78 is 38.5. The number of carbonyl (C=O) groups excluding carboxylic acids is 2. The number of fused-ring (bicyclic) bond motifs is 1. The molecule has 0 aromatic heterocycles. The van der Waals surface area contributed by atoms with E-state index in [9.17, 15) is 18.0 Å². The average molecular weight is 532 g/mol. The van der Waals surface area contributed by atoms with E-state index in [1.165, 1.54) is 11.8 Å². The Morgan fingerprint density at radius 2 is 1.73 bits per heavy atom. The highest BCUT2D eigenvalue weighted by atomic mass is 32.2. The van der Waals surface area contributed by atoms with Crippen molar-refractivity contribution in [1.29, 1.82) is 0 Å². The summed E-state index contributed by atoms with van der Waals surface area (Å²) >= 11 is 0. The third kappa shape index (κ3) is 7.15. The van der Waals surface area contributed by atoms with Crippen molar-refractivity contribution in [3.05, 3.63) is 53.6 Å². The molecule has 2 amide bonds. The van der Waals surface area contributed by atoms with E-state index in [0.717, 1.165) is 21.9 Å². The standard InChI is InChI=1S/C27H37N3O6S/c1-6-20(4)28-27(32)21(5)29(17-22-10-8-9-19(3)15-22)26(31)18-30(37(33,34)7-2)23-11-12-24-25(16-23)36-14-13-35-24/h8-12,15-16,20-21H,6-7,13-14,17-18H2,1-5H3,(H,28,32)/t20-,21-/m1/s1. The van der Waals surface area contributed by atoms with E-state index < -0.39 is 28.5 Å². The van der Waals surface area contributed by atoms with Gasteiger partial charge in [0.25, 0.3) is 0 Å². The molecule has 1 aliphatic rings. The van der Waals surface area contributed by atoms with Gasteiger partial charge in [0.1, 0.15) is 25.8 Å². The van der Waals surface area contributed by atoms with Crippen LogP contribution >= 0.6 is 0 Å². The van der Waals surface area contributed by atoms with E-state index in [-0.39, 0.29) is 24.2 Å². The Balaban J connectivity index is 1.94. The number of aryl methyl sites for hydroxylation is 1. The van der Waals surface area contributed by atoms with Crippen molar-refractivity contribution < 1.29 is 27.5 Å². The smallest absolute Gasteiger partial charge is 0.244 e. The molecule has 9 nitrogen and oxygen atoms in total. The summed E-state index contributed by atoms with van der Waals surface area (Å²) in [5.74, 6) is -0.0341. The van der Waals surface area contributed by atoms with Crippen LogP contribution in [-0.4, -0.2) is 62.7 Å². The van der Waals surface area contributed by atoms with E-state index in [0.29, 0.717) is 30.4 Å². The van der Waals surface area contributed by atoms with Crippen molar-refractivity contribution in [3.8, 4) is 11.5 Å². The first-order chi connectivity index (χ1) is 17.6. The lowest BCUT2D eigenvalue weighted by Crippen LogP contribution is -2.52. The molecule has 0 saturated carbocycles. The van der Waals surface area contributed by atoms with E-state index >= 15 is 0 Å². The Morgan fingerprint density at radius 3 is 2.38 bits per heavy atom. The lowest BCUT2D eigenvalue weighted by Gasteiger charge is -2.32. The van der Waals surface area contributed by atoms with Gasteiger partial charge in [-0.25, -0.2) is 8.42 Å². The third-order valence-electron chi connectivity index (χ3n) is 6.40. The number of ether oxygens (including phenoxy) is 2. The highest BCUT2D eigenvalue weighted by molar-refractivity contribution is 7.92. The maximum Gasteiger partial charge on any atom is 0.244 e. The van der Waals surface area contributed by atoms with Gasteiger partial charge in [-0.2, -0.15) is 0 Å². The molecule has 0 aliphatic carbocycles. The molecule has 0 saturated heterocycles. The zero-order valence-electron chi connectivity index (χ0n) is 22.2. The minimum atomic E-state index is -3.83. The molecule has 2 aromatic carbocycles. The van der Waals surface area contributed by atoms with Gasteiger partial charge in [-0.15, -0.1) is 0 Å². The van der Waals surface area contributed by atoms with Crippen LogP contribution in [0.25, 0.3) is 0 Å². The summed E-state index contributed by atoms with van der Waals surface area (Å²) in [6.45, 7) is 9.47. The predicted octanol–water partition coefficient (Wildman–Crippen LogP) is 3.25. The number of anilines is 1. The van der Waals surface area contributed by atoms with Crippen LogP contribution in [0, 0.1) is 6.92 Å². The number of rotatable bonds is 11. The molecule has 1 heterocycles. The van der Waals surface area contributed by atoms with Gasteiger partial charge in [0.2, 0.25) is 21.8 Å². The monoisotopic (exact) mass is 531 g/mol. The largest absolute Gasteiger partial charge is 0.486 e. The van der Waals surface area contributed by atoms with Crippen LogP contribution in [-0.2, 0) is 26.2 Å². The van der Waals surface area contributed by atoms with Gasteiger partial charge >= 0.3 is 0 Å². The fraction of sp³-hybridized carbons (Fsp3) is 0.481. The fourth-order valence-electron chi connectivity index (χ4n) is 3.96. The molecule has 1 aliphatic heterocycles. The molecule has 3 rings (SSSR count). The van der Waals surface area contributed by atoms with Crippen molar-refractivity contribution in [1.82, 2.24) is 10.2 Å². The first kappa shape index (κ1) is 28.3.